The second-order valence-corrected chi connectivity index (χ2v) is 5.30. The van der Waals surface area contributed by atoms with Crippen LogP contribution in [-0.4, -0.2) is 26.6 Å². The van der Waals surface area contributed by atoms with Crippen LogP contribution in [0.25, 0.3) is 0 Å². The van der Waals surface area contributed by atoms with Gasteiger partial charge in [-0.15, -0.1) is 0 Å². The Labute approximate surface area is 117 Å². The van der Waals surface area contributed by atoms with Crippen molar-refractivity contribution in [2.45, 2.75) is 19.8 Å². The van der Waals surface area contributed by atoms with E-state index in [1.807, 2.05) is 25.1 Å². The molecule has 0 aliphatic rings. The molecule has 3 nitrogen and oxygen atoms in total. The zero-order valence-corrected chi connectivity index (χ0v) is 12.6. The number of Topliss-reactive ketones (excluding diaryl/α,β-unsaturated/α-hetero) is 1. The molecular weight excluding hydrogens is 296 g/mol. The van der Waals surface area contributed by atoms with Crippen molar-refractivity contribution in [2.75, 3.05) is 20.8 Å². The fraction of sp³-hybridized carbons (Fsp3) is 0.500. The predicted octanol–water partition coefficient (Wildman–Crippen LogP) is 3.24. The highest BCUT2D eigenvalue weighted by atomic mass is 79.9. The average Bonchev–Trinajstić information content (AvgIpc) is 2.29. The maximum atomic E-state index is 11.9. The van der Waals surface area contributed by atoms with E-state index in [4.69, 9.17) is 9.47 Å². The first-order valence-electron chi connectivity index (χ1n) is 5.89. The first-order valence-corrected chi connectivity index (χ1v) is 6.69. The van der Waals surface area contributed by atoms with Crippen molar-refractivity contribution in [1.82, 2.24) is 0 Å². The highest BCUT2D eigenvalue weighted by Gasteiger charge is 2.11. The van der Waals surface area contributed by atoms with Gasteiger partial charge in [0.1, 0.15) is 11.5 Å². The number of ketones is 1. The summed E-state index contributed by atoms with van der Waals surface area (Å²) in [5.41, 5.74) is 0.997. The minimum absolute atomic E-state index is 0.233. The van der Waals surface area contributed by atoms with Crippen molar-refractivity contribution in [3.8, 4) is 5.75 Å². The van der Waals surface area contributed by atoms with Gasteiger partial charge in [0.2, 0.25) is 0 Å². The molecule has 1 aromatic rings. The molecular formula is C14H19BrO3. The maximum Gasteiger partial charge on any atom is 0.137 e. The molecule has 0 N–H and O–H groups in total. The van der Waals surface area contributed by atoms with Crippen LogP contribution >= 0.6 is 15.9 Å². The molecule has 0 aliphatic carbocycles. The van der Waals surface area contributed by atoms with E-state index in [1.54, 1.807) is 14.2 Å². The Hall–Kier alpha value is -0.870. The quantitative estimate of drug-likeness (QED) is 0.775. The first-order chi connectivity index (χ1) is 8.56. The van der Waals surface area contributed by atoms with Crippen molar-refractivity contribution in [3.05, 3.63) is 28.2 Å². The average molecular weight is 315 g/mol. The summed E-state index contributed by atoms with van der Waals surface area (Å²) in [7, 11) is 3.28. The highest BCUT2D eigenvalue weighted by molar-refractivity contribution is 9.10. The molecule has 0 aliphatic heterocycles. The lowest BCUT2D eigenvalue weighted by molar-refractivity contribution is -0.119. The Balaban J connectivity index is 2.57. The molecule has 1 aromatic carbocycles. The number of ether oxygens (including phenoxy) is 2. The van der Waals surface area contributed by atoms with Gasteiger partial charge >= 0.3 is 0 Å². The van der Waals surface area contributed by atoms with E-state index >= 15 is 0 Å². The second kappa shape index (κ2) is 7.54. The van der Waals surface area contributed by atoms with E-state index < -0.39 is 0 Å². The molecule has 0 saturated heterocycles. The van der Waals surface area contributed by atoms with E-state index in [1.165, 1.54) is 0 Å². The van der Waals surface area contributed by atoms with Gasteiger partial charge in [0, 0.05) is 26.6 Å². The first kappa shape index (κ1) is 15.2. The molecule has 0 saturated carbocycles. The standard InChI is InChI=1S/C14H19BrO3/c1-10(9-17-2)6-12(16)7-11-4-5-14(18-3)13(15)8-11/h4-5,8,10H,6-7,9H2,1-3H3. The minimum atomic E-state index is 0.233. The monoisotopic (exact) mass is 314 g/mol. The molecule has 0 aromatic heterocycles. The summed E-state index contributed by atoms with van der Waals surface area (Å²) < 4.78 is 11.1. The lowest BCUT2D eigenvalue weighted by Gasteiger charge is -2.10. The normalized spacial score (nSPS) is 12.2. The number of halogens is 1. The van der Waals surface area contributed by atoms with Crippen LogP contribution in [0.5, 0.6) is 5.75 Å². The third-order valence-electron chi connectivity index (χ3n) is 2.64. The molecule has 0 bridgehead atoms. The molecule has 0 fully saturated rings. The molecule has 1 unspecified atom stereocenters. The zero-order valence-electron chi connectivity index (χ0n) is 11.0. The second-order valence-electron chi connectivity index (χ2n) is 4.45. The number of hydrogen-bond acceptors (Lipinski definition) is 3. The lowest BCUT2D eigenvalue weighted by atomic mass is 10.0. The fourth-order valence-electron chi connectivity index (χ4n) is 1.85. The molecule has 1 atom stereocenters. The van der Waals surface area contributed by atoms with Gasteiger partial charge in [-0.3, -0.25) is 4.79 Å². The SMILES string of the molecule is COCC(C)CC(=O)Cc1ccc(OC)c(Br)c1. The van der Waals surface area contributed by atoms with Crippen molar-refractivity contribution < 1.29 is 14.3 Å². The van der Waals surface area contributed by atoms with Crippen LogP contribution in [0.1, 0.15) is 18.9 Å². The number of benzene rings is 1. The van der Waals surface area contributed by atoms with Crippen LogP contribution < -0.4 is 4.74 Å². The summed E-state index contributed by atoms with van der Waals surface area (Å²) in [6.45, 7) is 2.64. The summed E-state index contributed by atoms with van der Waals surface area (Å²) in [5, 5.41) is 0. The number of carbonyl (C=O) groups is 1. The number of rotatable bonds is 7. The number of methoxy groups -OCH3 is 2. The molecule has 4 heteroatoms. The third kappa shape index (κ3) is 4.78. The molecule has 0 spiro atoms. The molecule has 0 heterocycles. The Morgan fingerprint density at radius 1 is 1.39 bits per heavy atom. The molecule has 100 valence electrons. The van der Waals surface area contributed by atoms with E-state index in [0.717, 1.165) is 15.8 Å². The molecule has 1 rings (SSSR count). The van der Waals surface area contributed by atoms with Gasteiger partial charge in [0.25, 0.3) is 0 Å². The van der Waals surface area contributed by atoms with Gasteiger partial charge in [-0.1, -0.05) is 13.0 Å². The predicted molar refractivity (Wildman–Crippen MR) is 75.1 cm³/mol. The topological polar surface area (TPSA) is 35.5 Å². The van der Waals surface area contributed by atoms with Crippen LogP contribution in [0.4, 0.5) is 0 Å². The van der Waals surface area contributed by atoms with Gasteiger partial charge in [0.15, 0.2) is 0 Å². The summed E-state index contributed by atoms with van der Waals surface area (Å²) in [6.07, 6.45) is 1.01. The molecule has 0 radical (unpaired) electrons. The summed E-state index contributed by atoms with van der Waals surface area (Å²) in [4.78, 5) is 11.9. The van der Waals surface area contributed by atoms with E-state index in [9.17, 15) is 4.79 Å². The van der Waals surface area contributed by atoms with Gasteiger partial charge in [-0.25, -0.2) is 0 Å². The van der Waals surface area contributed by atoms with Crippen molar-refractivity contribution >= 4 is 21.7 Å². The van der Waals surface area contributed by atoms with Crippen molar-refractivity contribution in [1.29, 1.82) is 0 Å². The van der Waals surface area contributed by atoms with Crippen LogP contribution in [0.15, 0.2) is 22.7 Å². The summed E-state index contributed by atoms with van der Waals surface area (Å²) >= 11 is 3.42. The largest absolute Gasteiger partial charge is 0.496 e. The minimum Gasteiger partial charge on any atom is -0.496 e. The van der Waals surface area contributed by atoms with Crippen LogP contribution in [0, 0.1) is 5.92 Å². The molecule has 18 heavy (non-hydrogen) atoms. The van der Waals surface area contributed by atoms with Gasteiger partial charge in [-0.05, 0) is 39.5 Å². The summed E-state index contributed by atoms with van der Waals surface area (Å²) in [6, 6.07) is 5.71. The van der Waals surface area contributed by atoms with E-state index in [0.29, 0.717) is 19.4 Å². The molecule has 0 amide bonds. The smallest absolute Gasteiger partial charge is 0.137 e. The van der Waals surface area contributed by atoms with Crippen LogP contribution in [0.3, 0.4) is 0 Å². The third-order valence-corrected chi connectivity index (χ3v) is 3.26. The highest BCUT2D eigenvalue weighted by Crippen LogP contribution is 2.26. The van der Waals surface area contributed by atoms with Gasteiger partial charge < -0.3 is 9.47 Å². The van der Waals surface area contributed by atoms with Gasteiger partial charge in [0.05, 0.1) is 11.6 Å². The fourth-order valence-corrected chi connectivity index (χ4v) is 2.44. The van der Waals surface area contributed by atoms with Gasteiger partial charge in [-0.2, -0.15) is 0 Å². The van der Waals surface area contributed by atoms with E-state index in [2.05, 4.69) is 15.9 Å². The Morgan fingerprint density at radius 3 is 2.67 bits per heavy atom. The maximum absolute atomic E-state index is 11.9. The Kier molecular flexibility index (Phi) is 6.36. The summed E-state index contributed by atoms with van der Waals surface area (Å²) in [5.74, 6) is 1.28. The number of carbonyl (C=O) groups excluding carboxylic acids is 1. The zero-order chi connectivity index (χ0) is 13.5. The van der Waals surface area contributed by atoms with E-state index in [-0.39, 0.29) is 11.7 Å². The Morgan fingerprint density at radius 2 is 2.11 bits per heavy atom. The lowest BCUT2D eigenvalue weighted by Crippen LogP contribution is -2.12. The number of hydrogen-bond donors (Lipinski definition) is 0. The Bertz CT molecular complexity index is 404. The van der Waals surface area contributed by atoms with Crippen LogP contribution in [-0.2, 0) is 16.0 Å². The van der Waals surface area contributed by atoms with Crippen molar-refractivity contribution in [3.63, 3.8) is 0 Å². The van der Waals surface area contributed by atoms with Crippen molar-refractivity contribution in [2.24, 2.45) is 5.92 Å². The van der Waals surface area contributed by atoms with Crippen LogP contribution in [0.2, 0.25) is 0 Å².